The second-order valence-corrected chi connectivity index (χ2v) is 6.04. The molecule has 0 radical (unpaired) electrons. The first-order chi connectivity index (χ1) is 11.9. The van der Waals surface area contributed by atoms with E-state index in [1.807, 2.05) is 30.3 Å². The second-order valence-electron chi connectivity index (χ2n) is 6.04. The van der Waals surface area contributed by atoms with Gasteiger partial charge in [-0.25, -0.2) is 0 Å². The van der Waals surface area contributed by atoms with Gasteiger partial charge in [-0.05, 0) is 5.56 Å². The number of ether oxygens (including phenoxy) is 1. The summed E-state index contributed by atoms with van der Waals surface area (Å²) in [6, 6.07) is 8.68. The van der Waals surface area contributed by atoms with Crippen LogP contribution < -0.4 is 16.4 Å². The van der Waals surface area contributed by atoms with Crippen LogP contribution in [0.15, 0.2) is 30.3 Å². The normalized spacial score (nSPS) is 19.6. The van der Waals surface area contributed by atoms with Crippen LogP contribution >= 0.6 is 0 Å². The number of carbonyl (C=O) groups is 3. The number of carbonyl (C=O) groups excluding carboxylic acids is 3. The summed E-state index contributed by atoms with van der Waals surface area (Å²) in [6.45, 7) is 0.634. The van der Waals surface area contributed by atoms with Crippen molar-refractivity contribution in [1.29, 1.82) is 0 Å². The molecule has 0 aliphatic carbocycles. The highest BCUT2D eigenvalue weighted by molar-refractivity contribution is 5.97. The minimum atomic E-state index is -0.869. The molecule has 1 aromatic rings. The van der Waals surface area contributed by atoms with E-state index < -0.39 is 24.2 Å². The van der Waals surface area contributed by atoms with Gasteiger partial charge >= 0.3 is 0 Å². The largest absolute Gasteiger partial charge is 0.352 e. The molecule has 0 aromatic heterocycles. The lowest BCUT2D eigenvalue weighted by atomic mass is 10.0. The van der Waals surface area contributed by atoms with Crippen LogP contribution in [-0.4, -0.2) is 68.1 Å². The lowest BCUT2D eigenvalue weighted by molar-refractivity contribution is -0.134. The molecule has 1 aliphatic heterocycles. The molecule has 2 rings (SSSR count). The minimum absolute atomic E-state index is 0.220. The first-order valence-electron chi connectivity index (χ1n) is 8.12. The van der Waals surface area contributed by atoms with Gasteiger partial charge in [-0.2, -0.15) is 0 Å². The Bertz CT molecular complexity index is 620. The number of hydrogen-bond donors (Lipinski definition) is 3. The zero-order valence-electron chi connectivity index (χ0n) is 14.4. The van der Waals surface area contributed by atoms with Crippen molar-refractivity contribution in [2.45, 2.75) is 24.7 Å². The number of nitrogens with zero attached hydrogens (tertiary/aromatic N) is 1. The van der Waals surface area contributed by atoms with Crippen LogP contribution in [0.2, 0.25) is 0 Å². The van der Waals surface area contributed by atoms with Gasteiger partial charge in [0.1, 0.15) is 6.04 Å². The molecule has 0 saturated carbocycles. The Balaban J connectivity index is 1.96. The van der Waals surface area contributed by atoms with Gasteiger partial charge < -0.3 is 26.0 Å². The summed E-state index contributed by atoms with van der Waals surface area (Å²) in [5.74, 6) is -1.06. The molecule has 8 nitrogen and oxygen atoms in total. The van der Waals surface area contributed by atoms with Gasteiger partial charge in [-0.15, -0.1) is 0 Å². The first kappa shape index (κ1) is 18.9. The molecular weight excluding hydrogens is 324 g/mol. The van der Waals surface area contributed by atoms with E-state index in [4.69, 9.17) is 10.5 Å². The van der Waals surface area contributed by atoms with Crippen molar-refractivity contribution < 1.29 is 19.1 Å². The minimum Gasteiger partial charge on any atom is -0.352 e. The molecule has 8 heteroatoms. The molecule has 0 spiro atoms. The lowest BCUT2D eigenvalue weighted by Gasteiger charge is -2.21. The van der Waals surface area contributed by atoms with Crippen LogP contribution in [-0.2, 0) is 25.5 Å². The van der Waals surface area contributed by atoms with Gasteiger partial charge in [0.15, 0.2) is 12.2 Å². The smallest absolute Gasteiger partial charge is 0.253 e. The van der Waals surface area contributed by atoms with E-state index in [2.05, 4.69) is 10.6 Å². The molecule has 1 fully saturated rings. The maximum Gasteiger partial charge on any atom is 0.253 e. The summed E-state index contributed by atoms with van der Waals surface area (Å²) in [4.78, 5) is 37.8. The van der Waals surface area contributed by atoms with Crippen LogP contribution in [0.25, 0.3) is 0 Å². The SMILES string of the molecule is CN(C)C(=O)[C@H](Cc1ccccc1)NC(=O)C1OC1C(=O)NCCN. The molecule has 3 atom stereocenters. The zero-order chi connectivity index (χ0) is 18.4. The Morgan fingerprint density at radius 1 is 1.16 bits per heavy atom. The summed E-state index contributed by atoms with van der Waals surface area (Å²) >= 11 is 0. The maximum atomic E-state index is 12.4. The third-order valence-electron chi connectivity index (χ3n) is 3.79. The topological polar surface area (TPSA) is 117 Å². The van der Waals surface area contributed by atoms with E-state index in [0.717, 1.165) is 5.56 Å². The number of amides is 3. The molecule has 0 bridgehead atoms. The molecule has 136 valence electrons. The highest BCUT2D eigenvalue weighted by Gasteiger charge is 2.50. The van der Waals surface area contributed by atoms with Gasteiger partial charge in [0, 0.05) is 33.6 Å². The average Bonchev–Trinajstić information content (AvgIpc) is 3.40. The van der Waals surface area contributed by atoms with Gasteiger partial charge in [-0.3, -0.25) is 14.4 Å². The van der Waals surface area contributed by atoms with Crippen LogP contribution in [0.5, 0.6) is 0 Å². The number of nitrogens with two attached hydrogens (primary N) is 1. The fourth-order valence-electron chi connectivity index (χ4n) is 2.42. The Morgan fingerprint density at radius 2 is 1.80 bits per heavy atom. The van der Waals surface area contributed by atoms with Gasteiger partial charge in [-0.1, -0.05) is 30.3 Å². The van der Waals surface area contributed by atoms with E-state index in [0.29, 0.717) is 19.5 Å². The van der Waals surface area contributed by atoms with Crippen molar-refractivity contribution in [1.82, 2.24) is 15.5 Å². The standard InChI is InChI=1S/C17H24N4O4/c1-21(2)17(24)12(10-11-6-4-3-5-7-11)20-16(23)14-13(25-14)15(22)19-9-8-18/h3-7,12-14H,8-10,18H2,1-2H3,(H,19,22)(H,20,23)/t12-,13?,14?/m0/s1. The maximum absolute atomic E-state index is 12.4. The fourth-order valence-corrected chi connectivity index (χ4v) is 2.42. The molecule has 25 heavy (non-hydrogen) atoms. The van der Waals surface area contributed by atoms with E-state index >= 15 is 0 Å². The van der Waals surface area contributed by atoms with Crippen molar-refractivity contribution in [3.63, 3.8) is 0 Å². The number of nitrogens with one attached hydrogen (secondary N) is 2. The number of hydrogen-bond acceptors (Lipinski definition) is 5. The predicted molar refractivity (Wildman–Crippen MR) is 91.5 cm³/mol. The van der Waals surface area contributed by atoms with Crippen LogP contribution in [0.3, 0.4) is 0 Å². The molecule has 1 aromatic carbocycles. The van der Waals surface area contributed by atoms with Crippen molar-refractivity contribution >= 4 is 17.7 Å². The third-order valence-corrected chi connectivity index (χ3v) is 3.79. The van der Waals surface area contributed by atoms with Gasteiger partial charge in [0.05, 0.1) is 0 Å². The molecule has 1 saturated heterocycles. The Morgan fingerprint density at radius 3 is 2.40 bits per heavy atom. The van der Waals surface area contributed by atoms with E-state index in [1.165, 1.54) is 4.90 Å². The van der Waals surface area contributed by atoms with E-state index in [-0.39, 0.29) is 11.8 Å². The van der Waals surface area contributed by atoms with Crippen molar-refractivity contribution in [3.05, 3.63) is 35.9 Å². The predicted octanol–water partition coefficient (Wildman–Crippen LogP) is -1.36. The lowest BCUT2D eigenvalue weighted by Crippen LogP contribution is -2.49. The highest BCUT2D eigenvalue weighted by Crippen LogP contribution is 2.22. The summed E-state index contributed by atoms with van der Waals surface area (Å²) in [6.07, 6.45) is -1.33. The Hall–Kier alpha value is -2.45. The average molecular weight is 348 g/mol. The number of epoxide rings is 1. The van der Waals surface area contributed by atoms with Crippen LogP contribution in [0.4, 0.5) is 0 Å². The van der Waals surface area contributed by atoms with E-state index in [1.54, 1.807) is 14.1 Å². The molecule has 1 heterocycles. The second kappa shape index (κ2) is 8.59. The van der Waals surface area contributed by atoms with Gasteiger partial charge in [0.25, 0.3) is 11.8 Å². The van der Waals surface area contributed by atoms with Crippen LogP contribution in [0.1, 0.15) is 5.56 Å². The quantitative estimate of drug-likeness (QED) is 0.502. The Kier molecular flexibility index (Phi) is 6.49. The first-order valence-corrected chi connectivity index (χ1v) is 8.12. The van der Waals surface area contributed by atoms with Crippen molar-refractivity contribution in [2.75, 3.05) is 27.2 Å². The number of benzene rings is 1. The van der Waals surface area contributed by atoms with Gasteiger partial charge in [0.2, 0.25) is 5.91 Å². The monoisotopic (exact) mass is 348 g/mol. The fraction of sp³-hybridized carbons (Fsp3) is 0.471. The zero-order valence-corrected chi connectivity index (χ0v) is 14.4. The number of likely N-dealkylation sites (N-methyl/N-ethyl adjacent to an activating group) is 1. The molecule has 2 unspecified atom stereocenters. The summed E-state index contributed by atoms with van der Waals surface area (Å²) in [5, 5.41) is 5.26. The van der Waals surface area contributed by atoms with Crippen molar-refractivity contribution in [2.24, 2.45) is 5.73 Å². The third kappa shape index (κ3) is 5.27. The summed E-state index contributed by atoms with van der Waals surface area (Å²) < 4.78 is 5.14. The van der Waals surface area contributed by atoms with Crippen LogP contribution in [0, 0.1) is 0 Å². The molecule has 1 aliphatic rings. The van der Waals surface area contributed by atoms with E-state index in [9.17, 15) is 14.4 Å². The summed E-state index contributed by atoms with van der Waals surface area (Å²) in [7, 11) is 3.26. The van der Waals surface area contributed by atoms with Crippen molar-refractivity contribution in [3.8, 4) is 0 Å². The number of rotatable bonds is 8. The molecular formula is C17H24N4O4. The molecule has 3 amide bonds. The summed E-state index contributed by atoms with van der Waals surface area (Å²) in [5.41, 5.74) is 6.24. The highest BCUT2D eigenvalue weighted by atomic mass is 16.6. The Labute approximate surface area is 146 Å². The molecule has 4 N–H and O–H groups in total.